The molecular formula is C10H17NO2S. The Morgan fingerprint density at radius 2 is 2.36 bits per heavy atom. The van der Waals surface area contributed by atoms with E-state index in [0.717, 1.165) is 37.4 Å². The van der Waals surface area contributed by atoms with Crippen LogP contribution in [-0.4, -0.2) is 28.7 Å². The zero-order chi connectivity index (χ0) is 10.4. The maximum absolute atomic E-state index is 11.1. The SMILES string of the molecule is CSC(=O)N[C@@H]1CCCC/C=C/C1O. The van der Waals surface area contributed by atoms with Crippen molar-refractivity contribution in [3.05, 3.63) is 12.2 Å². The Kier molecular flexibility index (Phi) is 5.04. The van der Waals surface area contributed by atoms with Crippen LogP contribution in [0.25, 0.3) is 0 Å². The van der Waals surface area contributed by atoms with Crippen molar-refractivity contribution < 1.29 is 9.90 Å². The average Bonchev–Trinajstić information content (AvgIpc) is 2.17. The van der Waals surface area contributed by atoms with Gasteiger partial charge >= 0.3 is 0 Å². The topological polar surface area (TPSA) is 49.3 Å². The number of hydrogen-bond acceptors (Lipinski definition) is 3. The molecule has 2 atom stereocenters. The van der Waals surface area contributed by atoms with Gasteiger partial charge in [-0.1, -0.05) is 30.3 Å². The number of amides is 1. The van der Waals surface area contributed by atoms with Gasteiger partial charge in [-0.3, -0.25) is 4.79 Å². The molecule has 1 amide bonds. The van der Waals surface area contributed by atoms with Gasteiger partial charge in [-0.25, -0.2) is 0 Å². The van der Waals surface area contributed by atoms with Crippen LogP contribution in [0.15, 0.2) is 12.2 Å². The van der Waals surface area contributed by atoms with Crippen LogP contribution < -0.4 is 5.32 Å². The highest BCUT2D eigenvalue weighted by molar-refractivity contribution is 8.12. The van der Waals surface area contributed by atoms with E-state index in [0.29, 0.717) is 0 Å². The molecule has 0 spiro atoms. The number of allylic oxidation sites excluding steroid dienone is 1. The quantitative estimate of drug-likeness (QED) is 0.657. The molecule has 0 bridgehead atoms. The van der Waals surface area contributed by atoms with Crippen molar-refractivity contribution in [1.29, 1.82) is 0 Å². The molecular weight excluding hydrogens is 198 g/mol. The first-order chi connectivity index (χ1) is 6.74. The zero-order valence-corrected chi connectivity index (χ0v) is 9.22. The van der Waals surface area contributed by atoms with Crippen molar-refractivity contribution in [2.75, 3.05) is 6.26 Å². The minimum Gasteiger partial charge on any atom is -0.387 e. The lowest BCUT2D eigenvalue weighted by molar-refractivity contribution is 0.166. The van der Waals surface area contributed by atoms with Gasteiger partial charge in [-0.15, -0.1) is 0 Å². The van der Waals surface area contributed by atoms with Crippen LogP contribution in [0.1, 0.15) is 25.7 Å². The Hall–Kier alpha value is -0.480. The summed E-state index contributed by atoms with van der Waals surface area (Å²) in [4.78, 5) is 11.1. The van der Waals surface area contributed by atoms with Crippen molar-refractivity contribution in [3.63, 3.8) is 0 Å². The molecule has 0 aliphatic heterocycles. The predicted molar refractivity (Wildman–Crippen MR) is 59.4 cm³/mol. The second kappa shape index (κ2) is 6.09. The second-order valence-corrected chi connectivity index (χ2v) is 4.22. The van der Waals surface area contributed by atoms with E-state index in [1.165, 1.54) is 0 Å². The molecule has 0 heterocycles. The minimum atomic E-state index is -0.536. The van der Waals surface area contributed by atoms with Crippen molar-refractivity contribution >= 4 is 17.0 Å². The third kappa shape index (κ3) is 3.72. The average molecular weight is 215 g/mol. The van der Waals surface area contributed by atoms with Gasteiger partial charge in [-0.2, -0.15) is 0 Å². The lowest BCUT2D eigenvalue weighted by atomic mass is 9.99. The summed E-state index contributed by atoms with van der Waals surface area (Å²) in [6.07, 6.45) is 9.05. The molecule has 0 aromatic heterocycles. The molecule has 0 saturated heterocycles. The van der Waals surface area contributed by atoms with E-state index in [2.05, 4.69) is 5.32 Å². The fourth-order valence-corrected chi connectivity index (χ4v) is 1.80. The summed E-state index contributed by atoms with van der Waals surface area (Å²) < 4.78 is 0. The fraction of sp³-hybridized carbons (Fsp3) is 0.700. The van der Waals surface area contributed by atoms with E-state index in [4.69, 9.17) is 0 Å². The summed E-state index contributed by atoms with van der Waals surface area (Å²) in [5.41, 5.74) is 0. The van der Waals surface area contributed by atoms with Gasteiger partial charge in [0, 0.05) is 0 Å². The van der Waals surface area contributed by atoms with Crippen LogP contribution in [-0.2, 0) is 0 Å². The highest BCUT2D eigenvalue weighted by atomic mass is 32.2. The van der Waals surface area contributed by atoms with E-state index in [-0.39, 0.29) is 11.3 Å². The molecule has 0 aromatic carbocycles. The number of aliphatic hydroxyl groups excluding tert-OH is 1. The number of nitrogens with one attached hydrogen (secondary N) is 1. The smallest absolute Gasteiger partial charge is 0.279 e. The Bertz CT molecular complexity index is 218. The molecule has 0 radical (unpaired) electrons. The van der Waals surface area contributed by atoms with Crippen LogP contribution in [0.3, 0.4) is 0 Å². The monoisotopic (exact) mass is 215 g/mol. The van der Waals surface area contributed by atoms with Crippen LogP contribution in [0, 0.1) is 0 Å². The number of thioether (sulfide) groups is 1. The number of hydrogen-bond donors (Lipinski definition) is 2. The molecule has 0 aromatic rings. The zero-order valence-electron chi connectivity index (χ0n) is 8.40. The summed E-state index contributed by atoms with van der Waals surface area (Å²) in [6.45, 7) is 0. The first-order valence-electron chi connectivity index (χ1n) is 4.93. The van der Waals surface area contributed by atoms with Crippen molar-refractivity contribution in [3.8, 4) is 0 Å². The van der Waals surface area contributed by atoms with E-state index in [1.807, 2.05) is 6.08 Å². The molecule has 1 aliphatic rings. The maximum Gasteiger partial charge on any atom is 0.279 e. The third-order valence-electron chi connectivity index (χ3n) is 2.37. The van der Waals surface area contributed by atoms with Crippen molar-refractivity contribution in [2.45, 2.75) is 37.8 Å². The highest BCUT2D eigenvalue weighted by Crippen LogP contribution is 2.13. The van der Waals surface area contributed by atoms with Gasteiger partial charge in [0.1, 0.15) is 0 Å². The first kappa shape index (κ1) is 11.6. The van der Waals surface area contributed by atoms with Gasteiger partial charge in [0.2, 0.25) is 0 Å². The van der Waals surface area contributed by atoms with E-state index in [9.17, 15) is 9.90 Å². The third-order valence-corrected chi connectivity index (χ3v) is 2.86. The van der Waals surface area contributed by atoms with E-state index in [1.54, 1.807) is 12.3 Å². The number of aliphatic hydroxyl groups is 1. The summed E-state index contributed by atoms with van der Waals surface area (Å²) in [6, 6.07) is -0.119. The molecule has 1 aliphatic carbocycles. The molecule has 4 heteroatoms. The highest BCUT2D eigenvalue weighted by Gasteiger charge is 2.19. The molecule has 0 saturated carbocycles. The number of carbonyl (C=O) groups is 1. The summed E-state index contributed by atoms with van der Waals surface area (Å²) in [7, 11) is 0. The molecule has 3 nitrogen and oxygen atoms in total. The normalized spacial score (nSPS) is 30.1. The Labute approximate surface area is 89.0 Å². The van der Waals surface area contributed by atoms with Gasteiger partial charge in [0.15, 0.2) is 0 Å². The standard InChI is InChI=1S/C10H17NO2S/c1-14-10(13)11-8-6-4-2-3-5-7-9(8)12/h5,7-9,12H,2-4,6H2,1H3,(H,11,13)/b7-5+/t8-,9?/m1/s1. The van der Waals surface area contributed by atoms with Crippen LogP contribution >= 0.6 is 11.8 Å². The van der Waals surface area contributed by atoms with Gasteiger partial charge in [0.25, 0.3) is 5.24 Å². The largest absolute Gasteiger partial charge is 0.387 e. The molecule has 1 rings (SSSR count). The van der Waals surface area contributed by atoms with Crippen LogP contribution in [0.4, 0.5) is 4.79 Å². The predicted octanol–water partition coefficient (Wildman–Crippen LogP) is 1.92. The molecule has 14 heavy (non-hydrogen) atoms. The van der Waals surface area contributed by atoms with Crippen molar-refractivity contribution in [2.24, 2.45) is 0 Å². The molecule has 2 N–H and O–H groups in total. The first-order valence-corrected chi connectivity index (χ1v) is 6.15. The summed E-state index contributed by atoms with van der Waals surface area (Å²) in [5, 5.41) is 12.4. The van der Waals surface area contributed by atoms with Crippen LogP contribution in [0.5, 0.6) is 0 Å². The summed E-state index contributed by atoms with van der Waals surface area (Å²) >= 11 is 1.15. The molecule has 80 valence electrons. The Morgan fingerprint density at radius 1 is 1.57 bits per heavy atom. The van der Waals surface area contributed by atoms with Crippen LogP contribution in [0.2, 0.25) is 0 Å². The van der Waals surface area contributed by atoms with Gasteiger partial charge in [0.05, 0.1) is 12.1 Å². The molecule has 0 fully saturated rings. The molecule has 1 unspecified atom stereocenters. The lowest BCUT2D eigenvalue weighted by Crippen LogP contribution is -2.41. The van der Waals surface area contributed by atoms with Gasteiger partial charge in [-0.05, 0) is 25.5 Å². The fourth-order valence-electron chi connectivity index (χ4n) is 1.53. The van der Waals surface area contributed by atoms with E-state index < -0.39 is 6.10 Å². The van der Waals surface area contributed by atoms with E-state index >= 15 is 0 Å². The summed E-state index contributed by atoms with van der Waals surface area (Å²) in [5.74, 6) is 0. The number of rotatable bonds is 1. The van der Waals surface area contributed by atoms with Gasteiger partial charge < -0.3 is 10.4 Å². The van der Waals surface area contributed by atoms with Crippen molar-refractivity contribution in [1.82, 2.24) is 5.32 Å². The number of carbonyl (C=O) groups excluding carboxylic acids is 1. The minimum absolute atomic E-state index is 0.0666. The second-order valence-electron chi connectivity index (χ2n) is 3.45. The lowest BCUT2D eigenvalue weighted by Gasteiger charge is -2.22. The maximum atomic E-state index is 11.1. The Balaban J connectivity index is 2.50. The Morgan fingerprint density at radius 3 is 3.07 bits per heavy atom.